The number of carbonyl (C=O) groups excluding carboxylic acids is 2. The number of halogens is 2. The molecule has 1 saturated carbocycles. The number of carbonyl (C=O) groups is 2. The second-order valence-corrected chi connectivity index (χ2v) is 8.12. The molecule has 4 rings (SSSR count). The molecule has 0 atom stereocenters. The van der Waals surface area contributed by atoms with E-state index in [0.717, 1.165) is 11.1 Å². The summed E-state index contributed by atoms with van der Waals surface area (Å²) in [6.45, 7) is 0. The second-order valence-electron chi connectivity index (χ2n) is 7.07. The molecule has 2 N–H and O–H groups in total. The largest absolute Gasteiger partial charge is 0.320 e. The van der Waals surface area contributed by atoms with Crippen molar-refractivity contribution in [1.82, 2.24) is 9.97 Å². The quantitative estimate of drug-likeness (QED) is 0.546. The van der Waals surface area contributed by atoms with Crippen molar-refractivity contribution < 1.29 is 9.59 Å². The van der Waals surface area contributed by atoms with Crippen molar-refractivity contribution in [2.24, 2.45) is 5.92 Å². The van der Waals surface area contributed by atoms with Crippen LogP contribution in [-0.2, 0) is 4.79 Å². The van der Waals surface area contributed by atoms with Crippen LogP contribution in [0.3, 0.4) is 0 Å². The highest BCUT2D eigenvalue weighted by molar-refractivity contribution is 6.30. The van der Waals surface area contributed by atoms with Crippen LogP contribution in [0, 0.1) is 5.92 Å². The lowest BCUT2D eigenvalue weighted by Gasteiger charge is -2.29. The van der Waals surface area contributed by atoms with E-state index >= 15 is 0 Å². The summed E-state index contributed by atoms with van der Waals surface area (Å²) in [5.41, 5.74) is 2.65. The molecule has 2 aromatic heterocycles. The van der Waals surface area contributed by atoms with E-state index in [2.05, 4.69) is 20.6 Å². The Balaban J connectivity index is 1.49. The standard InChI is InChI=1S/C22H18Cl2N4O2/c23-16-3-1-13(2-4-16)18-6-7-25-12-19(18)27-21(29)14-5-8-26-20(11-14)28-22(30)15-9-17(24)10-15/h1-8,11-12,15,17H,9-10H2,(H,27,29)(H,26,28,30)/t15-,17+. The molecule has 30 heavy (non-hydrogen) atoms. The minimum atomic E-state index is -0.333. The minimum absolute atomic E-state index is 0.0557. The van der Waals surface area contributed by atoms with E-state index < -0.39 is 0 Å². The van der Waals surface area contributed by atoms with E-state index in [1.807, 2.05) is 18.2 Å². The van der Waals surface area contributed by atoms with Crippen molar-refractivity contribution in [2.45, 2.75) is 18.2 Å². The monoisotopic (exact) mass is 440 g/mol. The van der Waals surface area contributed by atoms with Crippen LogP contribution >= 0.6 is 23.2 Å². The Hall–Kier alpha value is -2.96. The lowest BCUT2D eigenvalue weighted by atomic mass is 9.84. The summed E-state index contributed by atoms with van der Waals surface area (Å²) in [7, 11) is 0. The van der Waals surface area contributed by atoms with Gasteiger partial charge in [0.2, 0.25) is 5.91 Å². The van der Waals surface area contributed by atoms with E-state index in [1.165, 1.54) is 6.20 Å². The Morgan fingerprint density at radius 3 is 2.50 bits per heavy atom. The van der Waals surface area contributed by atoms with Gasteiger partial charge >= 0.3 is 0 Å². The Morgan fingerprint density at radius 2 is 1.77 bits per heavy atom. The lowest BCUT2D eigenvalue weighted by molar-refractivity contribution is -0.122. The molecule has 3 aromatic rings. The number of benzene rings is 1. The molecule has 0 bridgehead atoms. The van der Waals surface area contributed by atoms with E-state index in [9.17, 15) is 9.59 Å². The number of hydrogen-bond acceptors (Lipinski definition) is 4. The smallest absolute Gasteiger partial charge is 0.255 e. The van der Waals surface area contributed by atoms with E-state index in [4.69, 9.17) is 23.2 Å². The van der Waals surface area contributed by atoms with E-state index in [0.29, 0.717) is 34.9 Å². The first kappa shape index (κ1) is 20.3. The first-order valence-corrected chi connectivity index (χ1v) is 10.2. The molecule has 1 aliphatic carbocycles. The number of nitrogens with one attached hydrogen (secondary N) is 2. The van der Waals surface area contributed by atoms with Crippen molar-refractivity contribution >= 4 is 46.5 Å². The third kappa shape index (κ3) is 4.61. The fourth-order valence-corrected chi connectivity index (χ4v) is 3.76. The molecule has 0 saturated heterocycles. The minimum Gasteiger partial charge on any atom is -0.320 e. The molecule has 8 heteroatoms. The van der Waals surface area contributed by atoms with E-state index in [1.54, 1.807) is 36.7 Å². The van der Waals surface area contributed by atoms with Crippen LogP contribution in [0.15, 0.2) is 61.1 Å². The van der Waals surface area contributed by atoms with Crippen LogP contribution in [0.2, 0.25) is 5.02 Å². The van der Waals surface area contributed by atoms with Crippen LogP contribution in [0.5, 0.6) is 0 Å². The molecule has 0 radical (unpaired) electrons. The molecule has 0 spiro atoms. The number of amides is 2. The summed E-state index contributed by atoms with van der Waals surface area (Å²) >= 11 is 11.9. The predicted octanol–water partition coefficient (Wildman–Crippen LogP) is 5.01. The summed E-state index contributed by atoms with van der Waals surface area (Å²) in [4.78, 5) is 33.3. The van der Waals surface area contributed by atoms with Gasteiger partial charge in [-0.15, -0.1) is 11.6 Å². The Labute approximate surface area is 183 Å². The molecule has 2 heterocycles. The highest BCUT2D eigenvalue weighted by Crippen LogP contribution is 2.33. The topological polar surface area (TPSA) is 84.0 Å². The fraction of sp³-hybridized carbons (Fsp3) is 0.182. The highest BCUT2D eigenvalue weighted by atomic mass is 35.5. The van der Waals surface area contributed by atoms with Gasteiger partial charge in [-0.1, -0.05) is 23.7 Å². The maximum absolute atomic E-state index is 12.8. The molecule has 0 unspecified atom stereocenters. The molecular weight excluding hydrogens is 423 g/mol. The van der Waals surface area contributed by atoms with Gasteiger partial charge in [0.25, 0.3) is 5.91 Å². The number of rotatable bonds is 5. The average Bonchev–Trinajstić information content (AvgIpc) is 2.72. The van der Waals surface area contributed by atoms with Gasteiger partial charge in [0.05, 0.1) is 11.9 Å². The zero-order valence-electron chi connectivity index (χ0n) is 15.8. The molecule has 1 aromatic carbocycles. The maximum atomic E-state index is 12.8. The van der Waals surface area contributed by atoms with E-state index in [-0.39, 0.29) is 23.1 Å². The van der Waals surface area contributed by atoms with Gasteiger partial charge in [-0.3, -0.25) is 14.6 Å². The molecule has 1 aliphatic rings. The summed E-state index contributed by atoms with van der Waals surface area (Å²) in [5, 5.41) is 6.32. The van der Waals surface area contributed by atoms with Crippen molar-refractivity contribution in [3.63, 3.8) is 0 Å². The zero-order chi connectivity index (χ0) is 21.1. The fourth-order valence-electron chi connectivity index (χ4n) is 3.20. The first-order valence-electron chi connectivity index (χ1n) is 9.42. The second kappa shape index (κ2) is 8.81. The maximum Gasteiger partial charge on any atom is 0.255 e. The van der Waals surface area contributed by atoms with Gasteiger partial charge in [0.1, 0.15) is 5.82 Å². The SMILES string of the molecule is O=C(Nc1cnccc1-c1ccc(Cl)cc1)c1ccnc(NC(=O)[C@H]2C[C@@H](Cl)C2)c1. The zero-order valence-corrected chi connectivity index (χ0v) is 17.3. The van der Waals surface area contributed by atoms with Gasteiger partial charge in [0, 0.05) is 39.8 Å². The first-order chi connectivity index (χ1) is 14.5. The average molecular weight is 441 g/mol. The predicted molar refractivity (Wildman–Crippen MR) is 118 cm³/mol. The molecule has 6 nitrogen and oxygen atoms in total. The number of aromatic nitrogens is 2. The van der Waals surface area contributed by atoms with Crippen LogP contribution in [0.4, 0.5) is 11.5 Å². The van der Waals surface area contributed by atoms with Gasteiger partial charge in [-0.25, -0.2) is 4.98 Å². The number of alkyl halides is 1. The third-order valence-electron chi connectivity index (χ3n) is 4.95. The molecule has 0 aliphatic heterocycles. The van der Waals surface area contributed by atoms with Crippen molar-refractivity contribution in [1.29, 1.82) is 0 Å². The van der Waals surface area contributed by atoms with Crippen LogP contribution in [0.25, 0.3) is 11.1 Å². The number of anilines is 2. The molecular formula is C22H18Cl2N4O2. The Kier molecular flexibility index (Phi) is 5.97. The number of nitrogens with zero attached hydrogens (tertiary/aromatic N) is 2. The number of hydrogen-bond donors (Lipinski definition) is 2. The normalized spacial score (nSPS) is 17.7. The Morgan fingerprint density at radius 1 is 1.00 bits per heavy atom. The summed E-state index contributed by atoms with van der Waals surface area (Å²) < 4.78 is 0. The van der Waals surface area contributed by atoms with Gasteiger partial charge in [-0.2, -0.15) is 0 Å². The summed E-state index contributed by atoms with van der Waals surface area (Å²) in [6, 6.07) is 12.3. The van der Waals surface area contributed by atoms with Crippen molar-refractivity contribution in [3.05, 3.63) is 71.6 Å². The number of pyridine rings is 2. The third-order valence-corrected chi connectivity index (χ3v) is 5.56. The van der Waals surface area contributed by atoms with Crippen LogP contribution < -0.4 is 10.6 Å². The Bertz CT molecular complexity index is 1080. The molecule has 152 valence electrons. The highest BCUT2D eigenvalue weighted by Gasteiger charge is 2.33. The summed E-state index contributed by atoms with van der Waals surface area (Å²) in [6.07, 6.45) is 6.04. The van der Waals surface area contributed by atoms with Crippen molar-refractivity contribution in [3.8, 4) is 11.1 Å². The van der Waals surface area contributed by atoms with Gasteiger partial charge < -0.3 is 10.6 Å². The molecule has 1 fully saturated rings. The summed E-state index contributed by atoms with van der Waals surface area (Å²) in [5.74, 6) is -0.242. The van der Waals surface area contributed by atoms with Gasteiger partial charge in [-0.05, 0) is 48.7 Å². The van der Waals surface area contributed by atoms with Crippen molar-refractivity contribution in [2.75, 3.05) is 10.6 Å². The van der Waals surface area contributed by atoms with Crippen LogP contribution in [0.1, 0.15) is 23.2 Å². The lowest BCUT2D eigenvalue weighted by Crippen LogP contribution is -2.35. The van der Waals surface area contributed by atoms with Gasteiger partial charge in [0.15, 0.2) is 0 Å². The molecule has 2 amide bonds. The van der Waals surface area contributed by atoms with Crippen LogP contribution in [-0.4, -0.2) is 27.2 Å².